The summed E-state index contributed by atoms with van der Waals surface area (Å²) in [4.78, 5) is 28.7. The van der Waals surface area contributed by atoms with Gasteiger partial charge in [-0.15, -0.1) is 0 Å². The molecule has 3 rings (SSSR count). The van der Waals surface area contributed by atoms with E-state index in [9.17, 15) is 22.4 Å². The minimum Gasteiger partial charge on any atom is -0.354 e. The van der Waals surface area contributed by atoms with Gasteiger partial charge in [0.15, 0.2) is 0 Å². The number of amides is 2. The summed E-state index contributed by atoms with van der Waals surface area (Å²) >= 11 is 0. The van der Waals surface area contributed by atoms with Crippen molar-refractivity contribution in [1.82, 2.24) is 10.2 Å². The Balaban J connectivity index is 2.04. The van der Waals surface area contributed by atoms with E-state index in [2.05, 4.69) is 5.32 Å². The number of rotatable bonds is 12. The van der Waals surface area contributed by atoms with Crippen molar-refractivity contribution in [2.45, 2.75) is 39.3 Å². The molecule has 3 aromatic rings. The lowest BCUT2D eigenvalue weighted by atomic mass is 10.0. The van der Waals surface area contributed by atoms with Crippen molar-refractivity contribution in [1.29, 1.82) is 0 Å². The Morgan fingerprint density at radius 3 is 2.16 bits per heavy atom. The molecule has 0 aliphatic rings. The summed E-state index contributed by atoms with van der Waals surface area (Å²) in [5.41, 5.74) is 2.44. The van der Waals surface area contributed by atoms with Crippen molar-refractivity contribution in [2.75, 3.05) is 23.7 Å². The van der Waals surface area contributed by atoms with E-state index in [0.29, 0.717) is 13.0 Å². The standard InChI is InChI=1S/C29H34FN3O4S/c1-4-18-31-29(35)27(19-23-10-6-5-7-11-23)32(20-24-16-14-22(2)15-17-24)28(34)21-33(38(3,36)37)26-13-9-8-12-25(26)30/h5-17,27H,4,18-21H2,1-3H3,(H,31,35)/t27-/m0/s1. The number of carbonyl (C=O) groups excluding carboxylic acids is 2. The molecule has 0 heterocycles. The average molecular weight is 540 g/mol. The molecule has 9 heteroatoms. The number of hydrogen-bond donors (Lipinski definition) is 1. The Hall–Kier alpha value is -3.72. The number of nitrogens with one attached hydrogen (secondary N) is 1. The molecule has 0 spiro atoms. The Labute approximate surface area is 224 Å². The molecule has 0 aliphatic carbocycles. The minimum atomic E-state index is -4.02. The second kappa shape index (κ2) is 13.2. The van der Waals surface area contributed by atoms with Gasteiger partial charge in [0, 0.05) is 19.5 Å². The van der Waals surface area contributed by atoms with Crippen LogP contribution >= 0.6 is 0 Å². The van der Waals surface area contributed by atoms with Crippen LogP contribution in [0.25, 0.3) is 0 Å². The zero-order chi connectivity index (χ0) is 27.7. The highest BCUT2D eigenvalue weighted by atomic mass is 32.2. The largest absolute Gasteiger partial charge is 0.354 e. The molecular formula is C29H34FN3O4S. The summed E-state index contributed by atoms with van der Waals surface area (Å²) in [6.07, 6.45) is 1.86. The molecule has 0 unspecified atom stereocenters. The van der Waals surface area contributed by atoms with Gasteiger partial charge in [-0.3, -0.25) is 13.9 Å². The van der Waals surface area contributed by atoms with Gasteiger partial charge < -0.3 is 10.2 Å². The lowest BCUT2D eigenvalue weighted by Crippen LogP contribution is -2.53. The maximum absolute atomic E-state index is 14.6. The molecule has 0 aliphatic heterocycles. The summed E-state index contributed by atoms with van der Waals surface area (Å²) in [7, 11) is -4.02. The second-order valence-electron chi connectivity index (χ2n) is 9.22. The van der Waals surface area contributed by atoms with Gasteiger partial charge in [-0.1, -0.05) is 79.2 Å². The number of hydrogen-bond acceptors (Lipinski definition) is 4. The van der Waals surface area contributed by atoms with Crippen molar-refractivity contribution < 1.29 is 22.4 Å². The molecule has 3 aromatic carbocycles. The van der Waals surface area contributed by atoms with Gasteiger partial charge in [-0.05, 0) is 36.6 Å². The summed E-state index contributed by atoms with van der Waals surface area (Å²) in [5.74, 6) is -1.72. The predicted octanol–water partition coefficient (Wildman–Crippen LogP) is 4.07. The van der Waals surface area contributed by atoms with E-state index >= 15 is 0 Å². The van der Waals surface area contributed by atoms with Crippen LogP contribution in [0.15, 0.2) is 78.9 Å². The molecule has 1 atom stereocenters. The molecule has 0 fully saturated rings. The number of anilines is 1. The smallest absolute Gasteiger partial charge is 0.244 e. The zero-order valence-electron chi connectivity index (χ0n) is 21.9. The molecular weight excluding hydrogens is 505 g/mol. The number of nitrogens with zero attached hydrogens (tertiary/aromatic N) is 2. The Kier molecular flexibility index (Phi) is 10.0. The highest BCUT2D eigenvalue weighted by Crippen LogP contribution is 2.23. The quantitative estimate of drug-likeness (QED) is 0.376. The van der Waals surface area contributed by atoms with Crippen LogP contribution in [0.3, 0.4) is 0 Å². The fourth-order valence-electron chi connectivity index (χ4n) is 4.06. The Morgan fingerprint density at radius 2 is 1.55 bits per heavy atom. The van der Waals surface area contributed by atoms with Crippen LogP contribution in [0.1, 0.15) is 30.0 Å². The summed E-state index contributed by atoms with van der Waals surface area (Å²) in [5, 5.41) is 2.88. The molecule has 1 N–H and O–H groups in total. The van der Waals surface area contributed by atoms with E-state index in [1.54, 1.807) is 0 Å². The number of sulfonamides is 1. The first-order valence-corrected chi connectivity index (χ1v) is 14.3. The van der Waals surface area contributed by atoms with Gasteiger partial charge in [0.1, 0.15) is 18.4 Å². The van der Waals surface area contributed by atoms with Gasteiger partial charge >= 0.3 is 0 Å². The molecule has 202 valence electrons. The highest BCUT2D eigenvalue weighted by molar-refractivity contribution is 7.92. The first-order chi connectivity index (χ1) is 18.1. The highest BCUT2D eigenvalue weighted by Gasteiger charge is 2.33. The van der Waals surface area contributed by atoms with Gasteiger partial charge in [0.05, 0.1) is 11.9 Å². The average Bonchev–Trinajstić information content (AvgIpc) is 2.89. The SMILES string of the molecule is CCCNC(=O)[C@H](Cc1ccccc1)N(Cc1ccc(C)cc1)C(=O)CN(c1ccccc1F)S(C)(=O)=O. The fraction of sp³-hybridized carbons (Fsp3) is 0.310. The number of halogens is 1. The van der Waals surface area contributed by atoms with Gasteiger partial charge in [-0.2, -0.15) is 0 Å². The van der Waals surface area contributed by atoms with Crippen molar-refractivity contribution in [3.63, 3.8) is 0 Å². The van der Waals surface area contributed by atoms with Crippen LogP contribution in [0.5, 0.6) is 0 Å². The van der Waals surface area contributed by atoms with Crippen LogP contribution < -0.4 is 9.62 Å². The zero-order valence-corrected chi connectivity index (χ0v) is 22.7. The van der Waals surface area contributed by atoms with Crippen molar-refractivity contribution in [3.8, 4) is 0 Å². The number of para-hydroxylation sites is 1. The van der Waals surface area contributed by atoms with Crippen LogP contribution in [0, 0.1) is 12.7 Å². The van der Waals surface area contributed by atoms with E-state index in [0.717, 1.165) is 33.3 Å². The van der Waals surface area contributed by atoms with Gasteiger partial charge in [-0.25, -0.2) is 12.8 Å². The molecule has 0 aromatic heterocycles. The molecule has 0 radical (unpaired) electrons. The maximum Gasteiger partial charge on any atom is 0.244 e. The summed E-state index contributed by atoms with van der Waals surface area (Å²) < 4.78 is 40.7. The van der Waals surface area contributed by atoms with Gasteiger partial charge in [0.2, 0.25) is 21.8 Å². The van der Waals surface area contributed by atoms with E-state index in [1.165, 1.54) is 23.1 Å². The van der Waals surface area contributed by atoms with E-state index in [-0.39, 0.29) is 24.6 Å². The Bertz CT molecular complexity index is 1330. The van der Waals surface area contributed by atoms with Crippen molar-refractivity contribution in [2.24, 2.45) is 0 Å². The van der Waals surface area contributed by atoms with Crippen LogP contribution in [-0.2, 0) is 32.6 Å². The van der Waals surface area contributed by atoms with Crippen LogP contribution in [0.2, 0.25) is 0 Å². The van der Waals surface area contributed by atoms with Crippen molar-refractivity contribution >= 4 is 27.5 Å². The predicted molar refractivity (Wildman–Crippen MR) is 148 cm³/mol. The summed E-state index contributed by atoms with van der Waals surface area (Å²) in [6.45, 7) is 3.73. The summed E-state index contributed by atoms with van der Waals surface area (Å²) in [6, 6.07) is 21.3. The third-order valence-corrected chi connectivity index (χ3v) is 7.22. The fourth-order valence-corrected chi connectivity index (χ4v) is 4.91. The first kappa shape index (κ1) is 28.8. The van der Waals surface area contributed by atoms with E-state index in [4.69, 9.17) is 0 Å². The number of aryl methyl sites for hydroxylation is 1. The lowest BCUT2D eigenvalue weighted by Gasteiger charge is -2.33. The maximum atomic E-state index is 14.6. The van der Waals surface area contributed by atoms with Crippen LogP contribution in [-0.4, -0.2) is 50.5 Å². The molecule has 0 saturated heterocycles. The van der Waals surface area contributed by atoms with Gasteiger partial charge in [0.25, 0.3) is 0 Å². The molecule has 38 heavy (non-hydrogen) atoms. The van der Waals surface area contributed by atoms with E-state index in [1.807, 2.05) is 68.4 Å². The number of benzene rings is 3. The van der Waals surface area contributed by atoms with E-state index < -0.39 is 34.3 Å². The van der Waals surface area contributed by atoms with Crippen molar-refractivity contribution in [3.05, 3.63) is 101 Å². The molecule has 2 amide bonds. The second-order valence-corrected chi connectivity index (χ2v) is 11.1. The molecule has 7 nitrogen and oxygen atoms in total. The lowest BCUT2D eigenvalue weighted by molar-refractivity contribution is -0.140. The third kappa shape index (κ3) is 7.89. The van der Waals surface area contributed by atoms with Crippen LogP contribution in [0.4, 0.5) is 10.1 Å². The Morgan fingerprint density at radius 1 is 0.921 bits per heavy atom. The normalized spacial score (nSPS) is 12.0. The topological polar surface area (TPSA) is 86.8 Å². The monoisotopic (exact) mass is 539 g/mol. The molecule has 0 saturated carbocycles. The first-order valence-electron chi connectivity index (χ1n) is 12.5. The molecule has 0 bridgehead atoms. The minimum absolute atomic E-state index is 0.0744. The third-order valence-electron chi connectivity index (χ3n) is 6.09. The number of carbonyl (C=O) groups is 2.